The highest BCUT2D eigenvalue weighted by atomic mass is 16.5. The zero-order chi connectivity index (χ0) is 14.7. The van der Waals surface area contributed by atoms with Crippen molar-refractivity contribution < 1.29 is 9.53 Å². The van der Waals surface area contributed by atoms with Gasteiger partial charge in [0, 0.05) is 18.1 Å². The molecule has 1 aromatic heterocycles. The molecule has 1 aliphatic rings. The topological polar surface area (TPSA) is 77.2 Å². The number of aromatic nitrogens is 1. The van der Waals surface area contributed by atoms with Gasteiger partial charge in [-0.1, -0.05) is 18.2 Å². The fourth-order valence-corrected chi connectivity index (χ4v) is 2.19. The number of para-hydroxylation sites is 1. The SMILES string of the molecule is NC1(C(=O)NCCCOc2cccc3cccnc23)CC1. The highest BCUT2D eigenvalue weighted by molar-refractivity contribution is 5.88. The van der Waals surface area contributed by atoms with E-state index in [9.17, 15) is 4.79 Å². The largest absolute Gasteiger partial charge is 0.491 e. The second kappa shape index (κ2) is 5.69. The van der Waals surface area contributed by atoms with Crippen LogP contribution in [0.5, 0.6) is 5.75 Å². The Kier molecular flexibility index (Phi) is 3.75. The molecule has 1 aromatic carbocycles. The second-order valence-electron chi connectivity index (χ2n) is 5.45. The minimum Gasteiger partial charge on any atom is -0.491 e. The van der Waals surface area contributed by atoms with E-state index >= 15 is 0 Å². The highest BCUT2D eigenvalue weighted by Crippen LogP contribution is 2.32. The van der Waals surface area contributed by atoms with Gasteiger partial charge in [0.25, 0.3) is 0 Å². The minimum atomic E-state index is -0.597. The molecular formula is C16H19N3O2. The molecule has 0 atom stereocenters. The molecule has 1 heterocycles. The summed E-state index contributed by atoms with van der Waals surface area (Å²) in [6.45, 7) is 1.11. The molecule has 110 valence electrons. The van der Waals surface area contributed by atoms with Gasteiger partial charge in [-0.2, -0.15) is 0 Å². The maximum Gasteiger partial charge on any atom is 0.240 e. The van der Waals surface area contributed by atoms with Crippen molar-refractivity contribution >= 4 is 16.8 Å². The molecule has 3 rings (SSSR count). The lowest BCUT2D eigenvalue weighted by Gasteiger charge is -2.11. The van der Waals surface area contributed by atoms with Crippen LogP contribution in [0.4, 0.5) is 0 Å². The molecule has 2 aromatic rings. The van der Waals surface area contributed by atoms with Crippen molar-refractivity contribution in [1.29, 1.82) is 0 Å². The van der Waals surface area contributed by atoms with Crippen molar-refractivity contribution in [3.8, 4) is 5.75 Å². The molecular weight excluding hydrogens is 266 g/mol. The molecule has 0 aliphatic heterocycles. The predicted molar refractivity (Wildman–Crippen MR) is 81.0 cm³/mol. The fraction of sp³-hybridized carbons (Fsp3) is 0.375. The van der Waals surface area contributed by atoms with Gasteiger partial charge in [0.2, 0.25) is 5.91 Å². The number of carbonyl (C=O) groups excluding carboxylic acids is 1. The number of ether oxygens (including phenoxy) is 1. The molecule has 0 saturated heterocycles. The average molecular weight is 285 g/mol. The molecule has 3 N–H and O–H groups in total. The van der Waals surface area contributed by atoms with Crippen molar-refractivity contribution in [2.45, 2.75) is 24.8 Å². The Morgan fingerprint density at radius 1 is 1.33 bits per heavy atom. The van der Waals surface area contributed by atoms with Gasteiger partial charge in [0.05, 0.1) is 12.1 Å². The van der Waals surface area contributed by atoms with E-state index in [0.29, 0.717) is 13.2 Å². The van der Waals surface area contributed by atoms with Gasteiger partial charge in [-0.25, -0.2) is 0 Å². The average Bonchev–Trinajstić information content (AvgIpc) is 3.26. The van der Waals surface area contributed by atoms with E-state index in [1.54, 1.807) is 6.20 Å². The standard InChI is InChI=1S/C16H19N3O2/c17-16(7-8-16)15(20)19-10-3-11-21-13-6-1-4-12-5-2-9-18-14(12)13/h1-2,4-6,9H,3,7-8,10-11,17H2,(H,19,20). The number of pyridine rings is 1. The smallest absolute Gasteiger partial charge is 0.240 e. The van der Waals surface area contributed by atoms with Crippen LogP contribution >= 0.6 is 0 Å². The number of fused-ring (bicyclic) bond motifs is 1. The summed E-state index contributed by atoms with van der Waals surface area (Å²) in [4.78, 5) is 16.0. The van der Waals surface area contributed by atoms with Crippen LogP contribution in [0.1, 0.15) is 19.3 Å². The number of benzene rings is 1. The summed E-state index contributed by atoms with van der Waals surface area (Å²) in [5.41, 5.74) is 6.07. The molecule has 0 bridgehead atoms. The van der Waals surface area contributed by atoms with Crippen molar-refractivity contribution in [3.05, 3.63) is 36.5 Å². The molecule has 0 spiro atoms. The van der Waals surface area contributed by atoms with Gasteiger partial charge in [0.1, 0.15) is 11.3 Å². The Bertz CT molecular complexity index is 648. The first kappa shape index (κ1) is 13.8. The summed E-state index contributed by atoms with van der Waals surface area (Å²) in [6, 6.07) is 9.78. The lowest BCUT2D eigenvalue weighted by molar-refractivity contribution is -0.123. The van der Waals surface area contributed by atoms with Gasteiger partial charge in [-0.05, 0) is 31.4 Å². The van der Waals surface area contributed by atoms with Gasteiger partial charge < -0.3 is 15.8 Å². The summed E-state index contributed by atoms with van der Waals surface area (Å²) in [6.07, 6.45) is 4.07. The molecule has 5 nitrogen and oxygen atoms in total. The van der Waals surface area contributed by atoms with E-state index in [4.69, 9.17) is 10.5 Å². The van der Waals surface area contributed by atoms with E-state index in [2.05, 4.69) is 10.3 Å². The summed E-state index contributed by atoms with van der Waals surface area (Å²) in [5, 5.41) is 3.91. The van der Waals surface area contributed by atoms with Crippen LogP contribution in [0.25, 0.3) is 10.9 Å². The van der Waals surface area contributed by atoms with Crippen LogP contribution in [0.15, 0.2) is 36.5 Å². The van der Waals surface area contributed by atoms with E-state index < -0.39 is 5.54 Å². The molecule has 1 saturated carbocycles. The first-order chi connectivity index (χ1) is 10.2. The Balaban J connectivity index is 1.47. The van der Waals surface area contributed by atoms with E-state index in [0.717, 1.165) is 35.9 Å². The Morgan fingerprint density at radius 2 is 2.14 bits per heavy atom. The minimum absolute atomic E-state index is 0.0469. The van der Waals surface area contributed by atoms with Crippen molar-refractivity contribution in [2.75, 3.05) is 13.2 Å². The lowest BCUT2D eigenvalue weighted by atomic mass is 10.2. The molecule has 0 unspecified atom stereocenters. The summed E-state index contributed by atoms with van der Waals surface area (Å²) in [5.74, 6) is 0.728. The zero-order valence-corrected chi connectivity index (χ0v) is 11.8. The quantitative estimate of drug-likeness (QED) is 0.791. The van der Waals surface area contributed by atoms with Crippen LogP contribution in [-0.4, -0.2) is 29.6 Å². The Labute approximate surface area is 123 Å². The molecule has 1 fully saturated rings. The molecule has 1 amide bonds. The predicted octanol–water partition coefficient (Wildman–Crippen LogP) is 1.61. The Hall–Kier alpha value is -2.14. The highest BCUT2D eigenvalue weighted by Gasteiger charge is 2.45. The van der Waals surface area contributed by atoms with Crippen LogP contribution in [-0.2, 0) is 4.79 Å². The molecule has 0 radical (unpaired) electrons. The third kappa shape index (κ3) is 3.13. The maximum atomic E-state index is 11.6. The van der Waals surface area contributed by atoms with E-state index in [1.165, 1.54) is 0 Å². The number of nitrogens with zero attached hydrogens (tertiary/aromatic N) is 1. The second-order valence-corrected chi connectivity index (χ2v) is 5.45. The first-order valence-corrected chi connectivity index (χ1v) is 7.23. The van der Waals surface area contributed by atoms with Crippen LogP contribution in [0, 0.1) is 0 Å². The van der Waals surface area contributed by atoms with Gasteiger partial charge in [-0.15, -0.1) is 0 Å². The number of nitrogens with one attached hydrogen (secondary N) is 1. The van der Waals surface area contributed by atoms with Gasteiger partial charge in [0.15, 0.2) is 0 Å². The summed E-state index contributed by atoms with van der Waals surface area (Å²) in [7, 11) is 0. The zero-order valence-electron chi connectivity index (χ0n) is 11.8. The fourth-order valence-electron chi connectivity index (χ4n) is 2.19. The normalized spacial score (nSPS) is 15.7. The monoisotopic (exact) mass is 285 g/mol. The number of hydrogen-bond acceptors (Lipinski definition) is 4. The van der Waals surface area contributed by atoms with E-state index in [1.807, 2.05) is 30.3 Å². The van der Waals surface area contributed by atoms with Crippen LogP contribution < -0.4 is 15.8 Å². The number of amides is 1. The molecule has 21 heavy (non-hydrogen) atoms. The number of carbonyl (C=O) groups is 1. The molecule has 1 aliphatic carbocycles. The number of rotatable bonds is 6. The van der Waals surface area contributed by atoms with Crippen molar-refractivity contribution in [1.82, 2.24) is 10.3 Å². The maximum absolute atomic E-state index is 11.6. The number of hydrogen-bond donors (Lipinski definition) is 2. The van der Waals surface area contributed by atoms with Crippen LogP contribution in [0.3, 0.4) is 0 Å². The number of nitrogens with two attached hydrogens (primary N) is 1. The third-order valence-corrected chi connectivity index (χ3v) is 3.70. The van der Waals surface area contributed by atoms with E-state index in [-0.39, 0.29) is 5.91 Å². The third-order valence-electron chi connectivity index (χ3n) is 3.70. The first-order valence-electron chi connectivity index (χ1n) is 7.23. The van der Waals surface area contributed by atoms with Gasteiger partial charge in [-0.3, -0.25) is 9.78 Å². The van der Waals surface area contributed by atoms with Crippen molar-refractivity contribution in [2.24, 2.45) is 5.73 Å². The van der Waals surface area contributed by atoms with Gasteiger partial charge >= 0.3 is 0 Å². The molecule has 5 heteroatoms. The van der Waals surface area contributed by atoms with Crippen LogP contribution in [0.2, 0.25) is 0 Å². The lowest BCUT2D eigenvalue weighted by Crippen LogP contribution is -2.43. The summed E-state index contributed by atoms with van der Waals surface area (Å²) < 4.78 is 5.76. The summed E-state index contributed by atoms with van der Waals surface area (Å²) >= 11 is 0. The van der Waals surface area contributed by atoms with Crippen molar-refractivity contribution in [3.63, 3.8) is 0 Å². The Morgan fingerprint density at radius 3 is 2.95 bits per heavy atom.